The van der Waals surface area contributed by atoms with E-state index in [1.165, 1.54) is 17.7 Å². The maximum absolute atomic E-state index is 14.4. The Kier molecular flexibility index (Phi) is 4.80. The standard InChI is InChI=1S/C15H18FN5OS/c1-11(22)17-9-12-10-21(19-18-12)13-2-3-15(14(16)8-13)20-4-6-23-7-5-20/h2-3,8,10H,4-7,9H2,1H3,(H,17,22). The van der Waals surface area contributed by atoms with E-state index in [0.29, 0.717) is 23.6 Å². The second kappa shape index (κ2) is 6.99. The molecule has 1 N–H and O–H groups in total. The van der Waals surface area contributed by atoms with Crippen LogP contribution in [-0.4, -0.2) is 45.5 Å². The quantitative estimate of drug-likeness (QED) is 0.919. The lowest BCUT2D eigenvalue weighted by molar-refractivity contribution is -0.119. The van der Waals surface area contributed by atoms with E-state index in [0.717, 1.165) is 24.6 Å². The van der Waals surface area contributed by atoms with Crippen LogP contribution in [0.3, 0.4) is 0 Å². The Balaban J connectivity index is 1.75. The van der Waals surface area contributed by atoms with Gasteiger partial charge in [-0.2, -0.15) is 11.8 Å². The number of benzene rings is 1. The first kappa shape index (κ1) is 15.8. The van der Waals surface area contributed by atoms with Gasteiger partial charge in [0.25, 0.3) is 0 Å². The van der Waals surface area contributed by atoms with Gasteiger partial charge in [0, 0.05) is 37.6 Å². The average Bonchev–Trinajstić information content (AvgIpc) is 3.02. The summed E-state index contributed by atoms with van der Waals surface area (Å²) in [7, 11) is 0. The van der Waals surface area contributed by atoms with E-state index in [-0.39, 0.29) is 11.7 Å². The van der Waals surface area contributed by atoms with Gasteiger partial charge in [-0.15, -0.1) is 5.10 Å². The number of anilines is 1. The van der Waals surface area contributed by atoms with Crippen molar-refractivity contribution in [3.8, 4) is 5.69 Å². The lowest BCUT2D eigenvalue weighted by Gasteiger charge is -2.28. The maximum Gasteiger partial charge on any atom is 0.217 e. The van der Waals surface area contributed by atoms with E-state index in [4.69, 9.17) is 0 Å². The molecule has 1 aliphatic rings. The largest absolute Gasteiger partial charge is 0.368 e. The van der Waals surface area contributed by atoms with Gasteiger partial charge >= 0.3 is 0 Å². The number of thioether (sulfide) groups is 1. The summed E-state index contributed by atoms with van der Waals surface area (Å²) in [5.41, 5.74) is 1.87. The van der Waals surface area contributed by atoms with Gasteiger partial charge in [-0.3, -0.25) is 4.79 Å². The molecule has 1 saturated heterocycles. The highest BCUT2D eigenvalue weighted by Crippen LogP contribution is 2.24. The summed E-state index contributed by atoms with van der Waals surface area (Å²) in [4.78, 5) is 13.0. The van der Waals surface area contributed by atoms with Crippen LogP contribution in [0.15, 0.2) is 24.4 Å². The molecule has 1 aliphatic heterocycles. The third kappa shape index (κ3) is 3.82. The monoisotopic (exact) mass is 335 g/mol. The van der Waals surface area contributed by atoms with Gasteiger partial charge in [-0.05, 0) is 12.1 Å². The Labute approximate surface area is 138 Å². The van der Waals surface area contributed by atoms with Gasteiger partial charge in [-0.1, -0.05) is 5.21 Å². The van der Waals surface area contributed by atoms with Crippen LogP contribution in [-0.2, 0) is 11.3 Å². The van der Waals surface area contributed by atoms with Crippen molar-refractivity contribution < 1.29 is 9.18 Å². The molecule has 0 atom stereocenters. The molecule has 0 bridgehead atoms. The molecule has 2 aromatic rings. The minimum Gasteiger partial charge on any atom is -0.368 e. The lowest BCUT2D eigenvalue weighted by atomic mass is 10.2. The third-order valence-corrected chi connectivity index (χ3v) is 4.55. The van der Waals surface area contributed by atoms with Gasteiger partial charge in [0.15, 0.2) is 0 Å². The van der Waals surface area contributed by atoms with E-state index in [1.54, 1.807) is 12.3 Å². The molecule has 1 aromatic heterocycles. The summed E-state index contributed by atoms with van der Waals surface area (Å²) >= 11 is 1.89. The predicted octanol–water partition coefficient (Wildman–Crippen LogP) is 1.60. The van der Waals surface area contributed by atoms with Gasteiger partial charge in [0.1, 0.15) is 11.5 Å². The number of carbonyl (C=O) groups is 1. The third-order valence-electron chi connectivity index (χ3n) is 3.61. The molecule has 8 heteroatoms. The van der Waals surface area contributed by atoms with Crippen LogP contribution in [0.5, 0.6) is 0 Å². The van der Waals surface area contributed by atoms with Crippen LogP contribution >= 0.6 is 11.8 Å². The molecule has 1 fully saturated rings. The zero-order valence-electron chi connectivity index (χ0n) is 12.8. The smallest absolute Gasteiger partial charge is 0.217 e. The molecule has 0 aliphatic carbocycles. The summed E-state index contributed by atoms with van der Waals surface area (Å²) < 4.78 is 15.9. The summed E-state index contributed by atoms with van der Waals surface area (Å²) in [6, 6.07) is 5.08. The predicted molar refractivity (Wildman–Crippen MR) is 88.4 cm³/mol. The zero-order valence-corrected chi connectivity index (χ0v) is 13.6. The van der Waals surface area contributed by atoms with Crippen LogP contribution in [0.4, 0.5) is 10.1 Å². The molecule has 3 rings (SSSR count). The van der Waals surface area contributed by atoms with Gasteiger partial charge < -0.3 is 10.2 Å². The molecule has 122 valence electrons. The summed E-state index contributed by atoms with van der Waals surface area (Å²) in [6.07, 6.45) is 1.68. The van der Waals surface area contributed by atoms with E-state index in [2.05, 4.69) is 20.5 Å². The van der Waals surface area contributed by atoms with Crippen LogP contribution in [0.1, 0.15) is 12.6 Å². The molecular weight excluding hydrogens is 317 g/mol. The second-order valence-electron chi connectivity index (χ2n) is 5.30. The molecule has 0 spiro atoms. The molecule has 1 aromatic carbocycles. The van der Waals surface area contributed by atoms with Crippen LogP contribution in [0.2, 0.25) is 0 Å². The van der Waals surface area contributed by atoms with Crippen molar-refractivity contribution in [2.24, 2.45) is 0 Å². The van der Waals surface area contributed by atoms with E-state index in [1.807, 2.05) is 17.8 Å². The summed E-state index contributed by atoms with van der Waals surface area (Å²) in [5, 5.41) is 10.6. The molecule has 0 radical (unpaired) electrons. The Morgan fingerprint density at radius 2 is 2.17 bits per heavy atom. The van der Waals surface area contributed by atoms with Crippen molar-refractivity contribution in [3.63, 3.8) is 0 Å². The Morgan fingerprint density at radius 3 is 2.87 bits per heavy atom. The van der Waals surface area contributed by atoms with Crippen LogP contribution in [0, 0.1) is 5.82 Å². The van der Waals surface area contributed by atoms with E-state index < -0.39 is 0 Å². The van der Waals surface area contributed by atoms with Gasteiger partial charge in [-0.25, -0.2) is 9.07 Å². The average molecular weight is 335 g/mol. The number of rotatable bonds is 4. The van der Waals surface area contributed by atoms with Crippen molar-refractivity contribution in [1.29, 1.82) is 0 Å². The molecule has 1 amide bonds. The number of carbonyl (C=O) groups excluding carboxylic acids is 1. The van der Waals surface area contributed by atoms with Crippen molar-refractivity contribution in [2.75, 3.05) is 29.5 Å². The van der Waals surface area contributed by atoms with Crippen molar-refractivity contribution in [2.45, 2.75) is 13.5 Å². The fraction of sp³-hybridized carbons (Fsp3) is 0.400. The first-order chi connectivity index (χ1) is 11.1. The van der Waals surface area contributed by atoms with Gasteiger partial charge in [0.2, 0.25) is 5.91 Å². The van der Waals surface area contributed by atoms with Gasteiger partial charge in [0.05, 0.1) is 24.1 Å². The number of hydrogen-bond donors (Lipinski definition) is 1. The lowest BCUT2D eigenvalue weighted by Crippen LogP contribution is -2.33. The van der Waals surface area contributed by atoms with Crippen molar-refractivity contribution >= 4 is 23.4 Å². The zero-order chi connectivity index (χ0) is 16.2. The maximum atomic E-state index is 14.4. The molecule has 6 nitrogen and oxygen atoms in total. The number of nitrogens with zero attached hydrogens (tertiary/aromatic N) is 4. The minimum absolute atomic E-state index is 0.130. The topological polar surface area (TPSA) is 63.1 Å². The summed E-state index contributed by atoms with van der Waals surface area (Å²) in [6.45, 7) is 3.48. The SMILES string of the molecule is CC(=O)NCc1cn(-c2ccc(N3CCSCC3)c(F)c2)nn1. The fourth-order valence-electron chi connectivity index (χ4n) is 2.42. The Hall–Kier alpha value is -2.09. The highest BCUT2D eigenvalue weighted by molar-refractivity contribution is 7.99. The summed E-state index contributed by atoms with van der Waals surface area (Å²) in [5.74, 6) is 1.66. The van der Waals surface area contributed by atoms with Crippen molar-refractivity contribution in [3.05, 3.63) is 35.9 Å². The number of hydrogen-bond acceptors (Lipinski definition) is 5. The molecule has 0 saturated carbocycles. The first-order valence-corrected chi connectivity index (χ1v) is 8.57. The number of amides is 1. The first-order valence-electron chi connectivity index (χ1n) is 7.42. The number of halogens is 1. The molecule has 23 heavy (non-hydrogen) atoms. The molecule has 0 unspecified atom stereocenters. The van der Waals surface area contributed by atoms with Crippen LogP contribution < -0.4 is 10.2 Å². The normalized spacial score (nSPS) is 14.8. The van der Waals surface area contributed by atoms with Crippen LogP contribution in [0.25, 0.3) is 5.69 Å². The highest BCUT2D eigenvalue weighted by Gasteiger charge is 2.16. The van der Waals surface area contributed by atoms with E-state index >= 15 is 0 Å². The van der Waals surface area contributed by atoms with Crippen molar-refractivity contribution in [1.82, 2.24) is 20.3 Å². The molecular formula is C15H18FN5OS. The highest BCUT2D eigenvalue weighted by atomic mass is 32.2. The fourth-order valence-corrected chi connectivity index (χ4v) is 3.32. The Bertz CT molecular complexity index is 699. The molecule has 2 heterocycles. The van der Waals surface area contributed by atoms with E-state index in [9.17, 15) is 9.18 Å². The number of aromatic nitrogens is 3. The second-order valence-corrected chi connectivity index (χ2v) is 6.52. The Morgan fingerprint density at radius 1 is 1.39 bits per heavy atom. The minimum atomic E-state index is -0.256. The number of nitrogens with one attached hydrogen (secondary N) is 1.